The predicted octanol–water partition coefficient (Wildman–Crippen LogP) is 4.48. The topological polar surface area (TPSA) is 86.8 Å². The fraction of sp³-hybridized carbons (Fsp3) is 0.333. The number of carbonyl (C=O) groups is 2. The van der Waals surface area contributed by atoms with Crippen LogP contribution in [0.4, 0.5) is 5.69 Å². The lowest BCUT2D eigenvalue weighted by Gasteiger charge is -2.32. The fourth-order valence-corrected chi connectivity index (χ4v) is 5.65. The number of carbonyl (C=O) groups excluding carboxylic acids is 2. The van der Waals surface area contributed by atoms with E-state index in [0.29, 0.717) is 12.1 Å². The molecule has 2 amide bonds. The van der Waals surface area contributed by atoms with E-state index in [9.17, 15) is 18.0 Å². The van der Waals surface area contributed by atoms with E-state index in [0.717, 1.165) is 21.0 Å². The Labute approximate surface area is 226 Å². The van der Waals surface area contributed by atoms with Crippen LogP contribution in [0.5, 0.6) is 0 Å². The number of nitrogens with one attached hydrogen (secondary N) is 1. The van der Waals surface area contributed by atoms with Gasteiger partial charge in [0, 0.05) is 12.6 Å². The molecule has 0 bridgehead atoms. The van der Waals surface area contributed by atoms with Crippen molar-refractivity contribution in [3.63, 3.8) is 0 Å². The average molecular weight is 536 g/mol. The Balaban J connectivity index is 1.99. The minimum atomic E-state index is -4.07. The van der Waals surface area contributed by atoms with Crippen LogP contribution in [-0.4, -0.2) is 50.3 Å². The van der Waals surface area contributed by atoms with E-state index in [1.54, 1.807) is 43.3 Å². The lowest BCUT2D eigenvalue weighted by atomic mass is 10.1. The van der Waals surface area contributed by atoms with Crippen molar-refractivity contribution in [1.29, 1.82) is 0 Å². The normalized spacial score (nSPS) is 12.2. The van der Waals surface area contributed by atoms with E-state index in [-0.39, 0.29) is 23.4 Å². The molecule has 7 nitrogen and oxygen atoms in total. The van der Waals surface area contributed by atoms with Crippen molar-refractivity contribution in [2.75, 3.05) is 17.4 Å². The molecule has 0 aliphatic heterocycles. The third kappa shape index (κ3) is 7.22. The van der Waals surface area contributed by atoms with Gasteiger partial charge in [0.1, 0.15) is 12.6 Å². The van der Waals surface area contributed by atoms with E-state index >= 15 is 0 Å². The summed E-state index contributed by atoms with van der Waals surface area (Å²) in [6.45, 7) is 8.91. The highest BCUT2D eigenvalue weighted by molar-refractivity contribution is 7.92. The maximum absolute atomic E-state index is 13.9. The molecule has 3 aromatic rings. The molecule has 0 aromatic heterocycles. The Morgan fingerprint density at radius 1 is 0.842 bits per heavy atom. The number of benzene rings is 3. The monoisotopic (exact) mass is 535 g/mol. The van der Waals surface area contributed by atoms with E-state index in [1.807, 2.05) is 70.2 Å². The van der Waals surface area contributed by atoms with Crippen LogP contribution < -0.4 is 9.62 Å². The highest BCUT2D eigenvalue weighted by Crippen LogP contribution is 2.27. The first-order valence-electron chi connectivity index (χ1n) is 12.8. The molecule has 0 saturated carbocycles. The minimum absolute atomic E-state index is 0.0959. The quantitative estimate of drug-likeness (QED) is 0.392. The molecule has 3 aromatic carbocycles. The molecule has 0 aliphatic rings. The van der Waals surface area contributed by atoms with Crippen LogP contribution in [-0.2, 0) is 26.0 Å². The first-order valence-corrected chi connectivity index (χ1v) is 14.2. The first-order chi connectivity index (χ1) is 18.0. The Bertz CT molecular complexity index is 1340. The molecular formula is C30H37N3O4S. The second-order valence-electron chi connectivity index (χ2n) is 9.77. The van der Waals surface area contributed by atoms with E-state index in [2.05, 4.69) is 5.32 Å². The van der Waals surface area contributed by atoms with Crippen molar-refractivity contribution < 1.29 is 18.0 Å². The summed E-state index contributed by atoms with van der Waals surface area (Å²) >= 11 is 0. The maximum Gasteiger partial charge on any atom is 0.264 e. The molecule has 0 radical (unpaired) electrons. The summed E-state index contributed by atoms with van der Waals surface area (Å²) in [7, 11) is -4.07. The number of hydrogen-bond donors (Lipinski definition) is 1. The van der Waals surface area contributed by atoms with Gasteiger partial charge in [-0.2, -0.15) is 0 Å². The van der Waals surface area contributed by atoms with Gasteiger partial charge in [-0.3, -0.25) is 13.9 Å². The van der Waals surface area contributed by atoms with Crippen LogP contribution in [0.25, 0.3) is 0 Å². The maximum atomic E-state index is 13.9. The predicted molar refractivity (Wildman–Crippen MR) is 151 cm³/mol. The van der Waals surface area contributed by atoms with Gasteiger partial charge in [-0.1, -0.05) is 66.2 Å². The number of rotatable bonds is 11. The van der Waals surface area contributed by atoms with E-state index in [4.69, 9.17) is 0 Å². The van der Waals surface area contributed by atoms with E-state index in [1.165, 1.54) is 4.90 Å². The zero-order chi connectivity index (χ0) is 27.9. The molecule has 3 rings (SSSR count). The Hall–Kier alpha value is -3.65. The zero-order valence-corrected chi connectivity index (χ0v) is 23.5. The van der Waals surface area contributed by atoms with E-state index < -0.39 is 28.5 Å². The van der Waals surface area contributed by atoms with Crippen LogP contribution >= 0.6 is 0 Å². The van der Waals surface area contributed by atoms with Gasteiger partial charge in [-0.05, 0) is 70.4 Å². The van der Waals surface area contributed by atoms with Crippen LogP contribution in [0.15, 0.2) is 83.8 Å². The van der Waals surface area contributed by atoms with Crippen molar-refractivity contribution in [2.45, 2.75) is 58.0 Å². The van der Waals surface area contributed by atoms with Gasteiger partial charge < -0.3 is 10.2 Å². The van der Waals surface area contributed by atoms with Gasteiger partial charge in [0.05, 0.1) is 10.6 Å². The summed E-state index contributed by atoms with van der Waals surface area (Å²) in [6.07, 6.45) is 0.529. The summed E-state index contributed by atoms with van der Waals surface area (Å²) in [4.78, 5) is 28.4. The molecule has 1 N–H and O–H groups in total. The lowest BCUT2D eigenvalue weighted by Crippen LogP contribution is -2.53. The Morgan fingerprint density at radius 2 is 1.45 bits per heavy atom. The van der Waals surface area contributed by atoms with Gasteiger partial charge >= 0.3 is 0 Å². The molecule has 8 heteroatoms. The lowest BCUT2D eigenvalue weighted by molar-refractivity contribution is -0.139. The van der Waals surface area contributed by atoms with Gasteiger partial charge in [0.25, 0.3) is 10.0 Å². The molecule has 0 fully saturated rings. The highest BCUT2D eigenvalue weighted by atomic mass is 32.2. The zero-order valence-electron chi connectivity index (χ0n) is 22.7. The average Bonchev–Trinajstić information content (AvgIpc) is 2.88. The molecule has 0 aliphatic carbocycles. The third-order valence-corrected chi connectivity index (χ3v) is 8.13. The van der Waals surface area contributed by atoms with Crippen molar-refractivity contribution in [2.24, 2.45) is 0 Å². The second kappa shape index (κ2) is 12.7. The first kappa shape index (κ1) is 28.9. The van der Waals surface area contributed by atoms with Crippen LogP contribution in [0, 0.1) is 13.8 Å². The van der Waals surface area contributed by atoms with Crippen molar-refractivity contribution in [3.05, 3.63) is 95.6 Å². The van der Waals surface area contributed by atoms with Crippen molar-refractivity contribution in [3.8, 4) is 0 Å². The number of hydrogen-bond acceptors (Lipinski definition) is 4. The summed E-state index contributed by atoms with van der Waals surface area (Å²) in [5.74, 6) is -0.739. The molecule has 1 atom stereocenters. The van der Waals surface area contributed by atoms with Crippen LogP contribution in [0.1, 0.15) is 37.5 Å². The third-order valence-electron chi connectivity index (χ3n) is 6.35. The molecule has 202 valence electrons. The smallest absolute Gasteiger partial charge is 0.264 e. The van der Waals surface area contributed by atoms with Gasteiger partial charge in [0.2, 0.25) is 11.8 Å². The SMILES string of the molecule is Cc1ccc(S(=O)(=O)N(CC(=O)N(CCc2ccccc2)[C@@H](C)C(=O)NC(C)C)c2ccccc2C)cc1. The molecular weight excluding hydrogens is 498 g/mol. The number of sulfonamides is 1. The second-order valence-corrected chi connectivity index (χ2v) is 11.6. The Morgan fingerprint density at radius 3 is 2.05 bits per heavy atom. The largest absolute Gasteiger partial charge is 0.352 e. The summed E-state index contributed by atoms with van der Waals surface area (Å²) in [5.41, 5.74) is 3.09. The molecule has 0 unspecified atom stereocenters. The molecule has 0 spiro atoms. The summed E-state index contributed by atoms with van der Waals surface area (Å²) in [6, 6.07) is 22.4. The number of aryl methyl sites for hydroxylation is 2. The molecule has 0 heterocycles. The number of nitrogens with zero attached hydrogens (tertiary/aromatic N) is 2. The Kier molecular flexibility index (Phi) is 9.69. The van der Waals surface area contributed by atoms with Gasteiger partial charge in [-0.25, -0.2) is 8.42 Å². The fourth-order valence-electron chi connectivity index (χ4n) is 4.17. The van der Waals surface area contributed by atoms with Crippen molar-refractivity contribution in [1.82, 2.24) is 10.2 Å². The molecule has 38 heavy (non-hydrogen) atoms. The van der Waals surface area contributed by atoms with Crippen LogP contribution in [0.2, 0.25) is 0 Å². The number of amides is 2. The van der Waals surface area contributed by atoms with Crippen molar-refractivity contribution >= 4 is 27.5 Å². The minimum Gasteiger partial charge on any atom is -0.352 e. The number of para-hydroxylation sites is 1. The standard InChI is InChI=1S/C30H37N3O4S/c1-22(2)31-30(35)25(5)32(20-19-26-12-7-6-8-13-26)29(34)21-33(28-14-10-9-11-24(28)4)38(36,37)27-17-15-23(3)16-18-27/h6-18,22,25H,19-21H2,1-5H3,(H,31,35)/t25-/m0/s1. The molecule has 0 saturated heterocycles. The summed E-state index contributed by atoms with van der Waals surface area (Å²) in [5, 5.41) is 2.87. The number of anilines is 1. The van der Waals surface area contributed by atoms with Gasteiger partial charge in [-0.15, -0.1) is 0 Å². The summed E-state index contributed by atoms with van der Waals surface area (Å²) < 4.78 is 28.9. The van der Waals surface area contributed by atoms with Crippen LogP contribution in [0.3, 0.4) is 0 Å². The highest BCUT2D eigenvalue weighted by Gasteiger charge is 2.33. The van der Waals surface area contributed by atoms with Gasteiger partial charge in [0.15, 0.2) is 0 Å².